The van der Waals surface area contributed by atoms with Gasteiger partial charge >= 0.3 is 6.09 Å². The molecule has 3 amide bonds. The van der Waals surface area contributed by atoms with Crippen molar-refractivity contribution in [3.05, 3.63) is 40.0 Å². The van der Waals surface area contributed by atoms with Gasteiger partial charge in [0.15, 0.2) is 0 Å². The lowest BCUT2D eigenvalue weighted by atomic mass is 9.97. The summed E-state index contributed by atoms with van der Waals surface area (Å²) in [6.45, 7) is 5.25. The van der Waals surface area contributed by atoms with Gasteiger partial charge in [-0.15, -0.1) is 0 Å². The predicted molar refractivity (Wildman–Crippen MR) is 113 cm³/mol. The van der Waals surface area contributed by atoms with Gasteiger partial charge in [0, 0.05) is 23.1 Å². The number of halogens is 1. The number of ether oxygens (including phenoxy) is 1. The number of fused-ring (bicyclic) bond motifs is 2. The van der Waals surface area contributed by atoms with Gasteiger partial charge < -0.3 is 15.8 Å². The molecule has 1 heterocycles. The normalized spacial score (nSPS) is 22.8. The first-order valence-electron chi connectivity index (χ1n) is 10.4. The molecule has 0 aromatic heterocycles. The second-order valence-electron chi connectivity index (χ2n) is 9.19. The number of amides is 3. The lowest BCUT2D eigenvalue weighted by Crippen LogP contribution is -2.57. The highest BCUT2D eigenvalue weighted by atomic mass is 19.1. The maximum Gasteiger partial charge on any atom is 0.411 e. The highest BCUT2D eigenvalue weighted by Crippen LogP contribution is 2.43. The van der Waals surface area contributed by atoms with Gasteiger partial charge in [-0.1, -0.05) is 17.2 Å². The van der Waals surface area contributed by atoms with Crippen LogP contribution in [0.2, 0.25) is 0 Å². The Bertz CT molecular complexity index is 972. The summed E-state index contributed by atoms with van der Waals surface area (Å²) in [4.78, 5) is 41.9. The Morgan fingerprint density at radius 3 is 2.69 bits per heavy atom. The number of hydrogen-bond acceptors (Lipinski definition) is 5. The molecular formula is C21H27FN6O4. The summed E-state index contributed by atoms with van der Waals surface area (Å²) >= 11 is 0. The fourth-order valence-corrected chi connectivity index (χ4v) is 4.42. The third kappa shape index (κ3) is 5.11. The maximum atomic E-state index is 14.4. The third-order valence-electron chi connectivity index (χ3n) is 5.74. The average Bonchev–Trinajstić information content (AvgIpc) is 3.29. The quantitative estimate of drug-likeness (QED) is 0.392. The lowest BCUT2D eigenvalue weighted by Gasteiger charge is -2.36. The molecule has 32 heavy (non-hydrogen) atoms. The van der Waals surface area contributed by atoms with Crippen molar-refractivity contribution in [2.45, 2.75) is 70.2 Å². The van der Waals surface area contributed by atoms with Crippen molar-refractivity contribution in [2.75, 3.05) is 0 Å². The molecule has 11 heteroatoms. The van der Waals surface area contributed by atoms with Crippen molar-refractivity contribution in [3.8, 4) is 0 Å². The fourth-order valence-electron chi connectivity index (χ4n) is 4.42. The van der Waals surface area contributed by atoms with Crippen LogP contribution in [0.15, 0.2) is 23.3 Å². The van der Waals surface area contributed by atoms with Crippen LogP contribution in [0.4, 0.5) is 14.9 Å². The molecule has 1 aromatic carbocycles. The molecule has 0 radical (unpaired) electrons. The summed E-state index contributed by atoms with van der Waals surface area (Å²) in [5.74, 6) is -2.08. The number of rotatable bonds is 6. The van der Waals surface area contributed by atoms with Gasteiger partial charge in [-0.3, -0.25) is 14.5 Å². The number of hydrogen-bond donors (Lipinski definition) is 2. The van der Waals surface area contributed by atoms with Crippen LogP contribution >= 0.6 is 0 Å². The third-order valence-corrected chi connectivity index (χ3v) is 5.74. The zero-order valence-electron chi connectivity index (χ0n) is 18.2. The van der Waals surface area contributed by atoms with Crippen molar-refractivity contribution in [1.82, 2.24) is 10.2 Å². The molecule has 4 atom stereocenters. The van der Waals surface area contributed by atoms with Gasteiger partial charge in [-0.2, -0.15) is 0 Å². The first-order chi connectivity index (χ1) is 15.0. The summed E-state index contributed by atoms with van der Waals surface area (Å²) < 4.78 is 19.8. The number of benzene rings is 1. The molecule has 2 bridgehead atoms. The van der Waals surface area contributed by atoms with Crippen molar-refractivity contribution in [1.29, 1.82) is 0 Å². The summed E-state index contributed by atoms with van der Waals surface area (Å²) in [5.41, 5.74) is 13.4. The van der Waals surface area contributed by atoms with E-state index < -0.39 is 41.4 Å². The van der Waals surface area contributed by atoms with Crippen LogP contribution in [0.3, 0.4) is 0 Å². The molecule has 3 N–H and O–H groups in total. The van der Waals surface area contributed by atoms with Crippen LogP contribution < -0.4 is 11.1 Å². The summed E-state index contributed by atoms with van der Waals surface area (Å²) in [5, 5.41) is 5.92. The molecule has 2 aliphatic rings. The smallest absolute Gasteiger partial charge is 0.411 e. The maximum absolute atomic E-state index is 14.4. The highest BCUT2D eigenvalue weighted by molar-refractivity contribution is 5.91. The number of nitrogens with zero attached hydrogens (tertiary/aromatic N) is 4. The number of piperidine rings is 1. The van der Waals surface area contributed by atoms with Gasteiger partial charge in [-0.25, -0.2) is 9.18 Å². The van der Waals surface area contributed by atoms with Gasteiger partial charge in [0.1, 0.15) is 23.5 Å². The molecular weight excluding hydrogens is 419 g/mol. The van der Waals surface area contributed by atoms with E-state index in [1.165, 1.54) is 17.0 Å². The number of azide groups is 1. The SMILES string of the molecule is CC(C)(C)OC(=O)N1C2CCC(C2)C1C(=O)NC(Cc1ccc(N=[N+]=[N-])cc1F)C(N)=O. The molecule has 4 unspecified atom stereocenters. The van der Waals surface area contributed by atoms with E-state index in [0.29, 0.717) is 6.42 Å². The van der Waals surface area contributed by atoms with Gasteiger partial charge in [0.2, 0.25) is 11.8 Å². The van der Waals surface area contributed by atoms with Crippen LogP contribution in [0.25, 0.3) is 10.4 Å². The molecule has 172 valence electrons. The first kappa shape index (κ1) is 23.3. The fraction of sp³-hybridized carbons (Fsp3) is 0.571. The van der Waals surface area contributed by atoms with E-state index in [4.69, 9.17) is 16.0 Å². The molecule has 10 nitrogen and oxygen atoms in total. The molecule has 1 saturated carbocycles. The summed E-state index contributed by atoms with van der Waals surface area (Å²) in [6.07, 6.45) is 1.51. The van der Waals surface area contributed by atoms with Crippen molar-refractivity contribution in [2.24, 2.45) is 16.8 Å². The van der Waals surface area contributed by atoms with E-state index >= 15 is 0 Å². The molecule has 1 aromatic rings. The first-order valence-corrected chi connectivity index (χ1v) is 10.4. The monoisotopic (exact) mass is 446 g/mol. The van der Waals surface area contributed by atoms with E-state index in [1.807, 2.05) is 0 Å². The van der Waals surface area contributed by atoms with Crippen molar-refractivity contribution < 1.29 is 23.5 Å². The van der Waals surface area contributed by atoms with E-state index in [0.717, 1.165) is 18.9 Å². The topological polar surface area (TPSA) is 150 Å². The van der Waals surface area contributed by atoms with Crippen LogP contribution in [-0.4, -0.2) is 46.5 Å². The van der Waals surface area contributed by atoms with Gasteiger partial charge in [0.05, 0.1) is 0 Å². The number of carbonyl (C=O) groups is 3. The van der Waals surface area contributed by atoms with Crippen molar-refractivity contribution >= 4 is 23.6 Å². The van der Waals surface area contributed by atoms with E-state index in [1.54, 1.807) is 20.8 Å². The molecule has 2 fully saturated rings. The highest BCUT2D eigenvalue weighted by Gasteiger charge is 2.52. The second kappa shape index (κ2) is 9.04. The Labute approximate surface area is 184 Å². The molecule has 1 aliphatic carbocycles. The molecule has 0 spiro atoms. The Morgan fingerprint density at radius 1 is 1.38 bits per heavy atom. The van der Waals surface area contributed by atoms with Crippen LogP contribution in [0.5, 0.6) is 0 Å². The van der Waals surface area contributed by atoms with Crippen molar-refractivity contribution in [3.63, 3.8) is 0 Å². The van der Waals surface area contributed by atoms with Crippen LogP contribution in [0, 0.1) is 11.7 Å². The van der Waals surface area contributed by atoms with E-state index in [-0.39, 0.29) is 29.6 Å². The lowest BCUT2D eigenvalue weighted by molar-refractivity contribution is -0.132. The standard InChI is InChI=1S/C21H27FN6O4/c1-21(2,3)32-20(31)28-14-7-5-12(8-14)17(28)19(30)25-16(18(23)29)9-11-4-6-13(26-27-24)10-15(11)22/h4,6,10,12,14,16-17H,5,7-9H2,1-3H3,(H2,23,29)(H,25,30). The zero-order chi connectivity index (χ0) is 23.6. The molecule has 1 aliphatic heterocycles. The number of carbonyl (C=O) groups excluding carboxylic acids is 3. The van der Waals surface area contributed by atoms with Crippen LogP contribution in [0.1, 0.15) is 45.6 Å². The minimum Gasteiger partial charge on any atom is -0.444 e. The Kier molecular flexibility index (Phi) is 6.59. The van der Waals surface area contributed by atoms with Gasteiger partial charge in [0.25, 0.3) is 0 Å². The Morgan fingerprint density at radius 2 is 2.09 bits per heavy atom. The largest absolute Gasteiger partial charge is 0.444 e. The molecule has 3 rings (SSSR count). The Balaban J connectivity index is 1.76. The van der Waals surface area contributed by atoms with E-state index in [2.05, 4.69) is 15.3 Å². The zero-order valence-corrected chi connectivity index (χ0v) is 18.2. The second-order valence-corrected chi connectivity index (χ2v) is 9.19. The Hall–Kier alpha value is -3.33. The molecule has 1 saturated heterocycles. The number of primary amides is 1. The summed E-state index contributed by atoms with van der Waals surface area (Å²) in [7, 11) is 0. The minimum absolute atomic E-state index is 0.0408. The number of nitrogens with one attached hydrogen (secondary N) is 1. The number of nitrogens with two attached hydrogens (primary N) is 1. The van der Waals surface area contributed by atoms with Gasteiger partial charge in [-0.05, 0) is 63.1 Å². The average molecular weight is 446 g/mol. The summed E-state index contributed by atoms with van der Waals surface area (Å²) in [6, 6.07) is 1.76. The minimum atomic E-state index is -1.18. The van der Waals surface area contributed by atoms with Crippen LogP contribution in [-0.2, 0) is 20.7 Å². The number of likely N-dealkylation sites (tertiary alicyclic amines) is 1. The van der Waals surface area contributed by atoms with E-state index in [9.17, 15) is 18.8 Å². The predicted octanol–water partition coefficient (Wildman–Crippen LogP) is 3.07.